The molecule has 0 bridgehead atoms. The van der Waals surface area contributed by atoms with Crippen molar-refractivity contribution in [3.63, 3.8) is 0 Å². The molecule has 5 nitrogen and oxygen atoms in total. The van der Waals surface area contributed by atoms with Crippen molar-refractivity contribution in [2.75, 3.05) is 7.11 Å². The molecule has 0 aliphatic carbocycles. The predicted molar refractivity (Wildman–Crippen MR) is 60.7 cm³/mol. The number of hydrogen-bond acceptors (Lipinski definition) is 5. The van der Waals surface area contributed by atoms with Gasteiger partial charge in [-0.2, -0.15) is 4.98 Å². The molecule has 0 fully saturated rings. The minimum atomic E-state index is -0.217. The van der Waals surface area contributed by atoms with E-state index in [0.717, 1.165) is 0 Å². The molecular weight excluding hydrogens is 206 g/mol. The maximum absolute atomic E-state index is 5.93. The fourth-order valence-electron chi connectivity index (χ4n) is 1.46. The molecule has 0 aromatic carbocycles. The van der Waals surface area contributed by atoms with Gasteiger partial charge < -0.3 is 15.0 Å². The third-order valence-corrected chi connectivity index (χ3v) is 2.57. The Bertz CT molecular complexity index is 323. The largest absolute Gasteiger partial charge is 0.373 e. The molecule has 2 unspecified atom stereocenters. The summed E-state index contributed by atoms with van der Waals surface area (Å²) in [6.07, 6.45) is -0.142. The Labute approximate surface area is 96.4 Å². The van der Waals surface area contributed by atoms with Crippen molar-refractivity contribution in [1.82, 2.24) is 10.1 Å². The summed E-state index contributed by atoms with van der Waals surface area (Å²) in [6.45, 7) is 8.13. The van der Waals surface area contributed by atoms with Crippen molar-refractivity contribution in [2.45, 2.75) is 39.8 Å². The van der Waals surface area contributed by atoms with Crippen molar-refractivity contribution < 1.29 is 9.26 Å². The van der Waals surface area contributed by atoms with Gasteiger partial charge in [-0.25, -0.2) is 0 Å². The Balaban J connectivity index is 2.85. The van der Waals surface area contributed by atoms with E-state index in [9.17, 15) is 0 Å². The van der Waals surface area contributed by atoms with E-state index in [1.165, 1.54) is 0 Å². The third kappa shape index (κ3) is 2.80. The number of ether oxygens (including phenoxy) is 1. The fraction of sp³-hybridized carbons (Fsp3) is 0.818. The highest BCUT2D eigenvalue weighted by Crippen LogP contribution is 2.24. The Hall–Kier alpha value is -0.940. The zero-order valence-electron chi connectivity index (χ0n) is 10.6. The van der Waals surface area contributed by atoms with E-state index in [1.807, 2.05) is 27.7 Å². The second-order valence-electron chi connectivity index (χ2n) is 4.66. The van der Waals surface area contributed by atoms with Crippen LogP contribution in [0.4, 0.5) is 0 Å². The summed E-state index contributed by atoms with van der Waals surface area (Å²) >= 11 is 0. The maximum Gasteiger partial charge on any atom is 0.243 e. The lowest BCUT2D eigenvalue weighted by atomic mass is 10.1. The number of hydrogen-bond donors (Lipinski definition) is 1. The van der Waals surface area contributed by atoms with Gasteiger partial charge in [0.2, 0.25) is 11.7 Å². The average molecular weight is 227 g/mol. The van der Waals surface area contributed by atoms with E-state index in [1.54, 1.807) is 7.11 Å². The first-order valence-corrected chi connectivity index (χ1v) is 5.59. The van der Waals surface area contributed by atoms with Crippen LogP contribution in [0.3, 0.4) is 0 Å². The Kier molecular flexibility index (Phi) is 4.44. The second kappa shape index (κ2) is 5.41. The summed E-state index contributed by atoms with van der Waals surface area (Å²) in [6, 6.07) is -0.217. The zero-order chi connectivity index (χ0) is 12.3. The lowest BCUT2D eigenvalue weighted by Crippen LogP contribution is -2.17. The van der Waals surface area contributed by atoms with Gasteiger partial charge in [0, 0.05) is 7.11 Å². The SMILES string of the molecule is COC(c1noc(C(N)C(C)C)n1)C(C)C. The summed E-state index contributed by atoms with van der Waals surface area (Å²) in [5.41, 5.74) is 5.93. The standard InChI is InChI=1S/C11H21N3O2/c1-6(2)8(12)11-13-10(14-16-11)9(15-5)7(3)4/h6-9H,12H2,1-5H3. The van der Waals surface area contributed by atoms with Crippen molar-refractivity contribution in [3.8, 4) is 0 Å². The predicted octanol–water partition coefficient (Wildman–Crippen LogP) is 2.07. The molecular formula is C11H21N3O2. The fourth-order valence-corrected chi connectivity index (χ4v) is 1.46. The highest BCUT2D eigenvalue weighted by atomic mass is 16.5. The minimum absolute atomic E-state index is 0.142. The van der Waals surface area contributed by atoms with Crippen LogP contribution in [0.2, 0.25) is 0 Å². The summed E-state index contributed by atoms with van der Waals surface area (Å²) in [4.78, 5) is 4.30. The van der Waals surface area contributed by atoms with Crippen LogP contribution in [0.5, 0.6) is 0 Å². The van der Waals surface area contributed by atoms with Crippen LogP contribution in [-0.2, 0) is 4.74 Å². The highest BCUT2D eigenvalue weighted by molar-refractivity contribution is 4.96. The van der Waals surface area contributed by atoms with Crippen LogP contribution in [0.25, 0.3) is 0 Å². The molecule has 2 atom stereocenters. The molecule has 0 aliphatic rings. The normalized spacial score (nSPS) is 15.8. The van der Waals surface area contributed by atoms with Crippen LogP contribution in [0.15, 0.2) is 4.52 Å². The van der Waals surface area contributed by atoms with Gasteiger partial charge in [0.15, 0.2) is 0 Å². The van der Waals surface area contributed by atoms with Gasteiger partial charge >= 0.3 is 0 Å². The first kappa shape index (κ1) is 13.1. The molecule has 0 amide bonds. The minimum Gasteiger partial charge on any atom is -0.373 e. The second-order valence-corrected chi connectivity index (χ2v) is 4.66. The zero-order valence-corrected chi connectivity index (χ0v) is 10.6. The van der Waals surface area contributed by atoms with Gasteiger partial charge in [-0.1, -0.05) is 32.9 Å². The van der Waals surface area contributed by atoms with Gasteiger partial charge in [0.05, 0.1) is 6.04 Å². The molecule has 1 aromatic heterocycles. The van der Waals surface area contributed by atoms with Gasteiger partial charge in [-0.05, 0) is 11.8 Å². The van der Waals surface area contributed by atoms with E-state index >= 15 is 0 Å². The molecule has 0 radical (unpaired) electrons. The van der Waals surface area contributed by atoms with Crippen LogP contribution < -0.4 is 5.73 Å². The van der Waals surface area contributed by atoms with E-state index < -0.39 is 0 Å². The van der Waals surface area contributed by atoms with Gasteiger partial charge in [0.1, 0.15) is 6.10 Å². The number of aromatic nitrogens is 2. The Morgan fingerprint density at radius 3 is 2.25 bits per heavy atom. The first-order chi connectivity index (χ1) is 7.47. The Morgan fingerprint density at radius 1 is 1.19 bits per heavy atom. The summed E-state index contributed by atoms with van der Waals surface area (Å²) < 4.78 is 10.5. The summed E-state index contributed by atoms with van der Waals surface area (Å²) in [7, 11) is 1.64. The average Bonchev–Trinajstić information content (AvgIpc) is 2.66. The monoisotopic (exact) mass is 227 g/mol. The topological polar surface area (TPSA) is 74.2 Å². The molecule has 16 heavy (non-hydrogen) atoms. The Morgan fingerprint density at radius 2 is 1.81 bits per heavy atom. The number of nitrogens with zero attached hydrogens (tertiary/aromatic N) is 2. The first-order valence-electron chi connectivity index (χ1n) is 5.59. The van der Waals surface area contributed by atoms with Crippen LogP contribution in [-0.4, -0.2) is 17.3 Å². The quantitative estimate of drug-likeness (QED) is 0.833. The summed E-state index contributed by atoms with van der Waals surface area (Å²) in [5.74, 6) is 1.62. The van der Waals surface area contributed by atoms with Crippen LogP contribution in [0, 0.1) is 11.8 Å². The van der Waals surface area contributed by atoms with Crippen molar-refractivity contribution in [1.29, 1.82) is 0 Å². The van der Waals surface area contributed by atoms with E-state index in [2.05, 4.69) is 10.1 Å². The lowest BCUT2D eigenvalue weighted by Gasteiger charge is -2.14. The molecule has 5 heteroatoms. The molecule has 0 saturated carbocycles. The number of nitrogens with two attached hydrogens (primary N) is 1. The number of methoxy groups -OCH3 is 1. The summed E-state index contributed by atoms with van der Waals surface area (Å²) in [5, 5.41) is 3.92. The number of rotatable bonds is 5. The molecule has 0 saturated heterocycles. The van der Waals surface area contributed by atoms with E-state index in [-0.39, 0.29) is 18.1 Å². The van der Waals surface area contributed by atoms with Crippen LogP contribution >= 0.6 is 0 Å². The van der Waals surface area contributed by atoms with Gasteiger partial charge in [-0.3, -0.25) is 0 Å². The molecule has 1 aromatic rings. The maximum atomic E-state index is 5.93. The van der Waals surface area contributed by atoms with Crippen molar-refractivity contribution in [3.05, 3.63) is 11.7 Å². The molecule has 0 aliphatic heterocycles. The smallest absolute Gasteiger partial charge is 0.243 e. The molecule has 92 valence electrons. The van der Waals surface area contributed by atoms with E-state index in [4.69, 9.17) is 15.0 Å². The molecule has 1 rings (SSSR count). The molecule has 0 spiro atoms. The van der Waals surface area contributed by atoms with Crippen molar-refractivity contribution >= 4 is 0 Å². The van der Waals surface area contributed by atoms with Gasteiger partial charge in [0.25, 0.3) is 0 Å². The lowest BCUT2D eigenvalue weighted by molar-refractivity contribution is 0.0555. The van der Waals surface area contributed by atoms with Gasteiger partial charge in [-0.15, -0.1) is 0 Å². The van der Waals surface area contributed by atoms with E-state index in [0.29, 0.717) is 17.6 Å². The molecule has 2 N–H and O–H groups in total. The van der Waals surface area contributed by atoms with Crippen LogP contribution in [0.1, 0.15) is 51.6 Å². The molecule has 1 heterocycles. The highest BCUT2D eigenvalue weighted by Gasteiger charge is 2.24. The third-order valence-electron chi connectivity index (χ3n) is 2.57. The van der Waals surface area contributed by atoms with Crippen molar-refractivity contribution in [2.24, 2.45) is 17.6 Å².